The summed E-state index contributed by atoms with van der Waals surface area (Å²) in [5, 5.41) is 2.72. The van der Waals surface area contributed by atoms with Gasteiger partial charge in [0.25, 0.3) is 0 Å². The lowest BCUT2D eigenvalue weighted by atomic mass is 10.0. The van der Waals surface area contributed by atoms with Crippen LogP contribution in [0.5, 0.6) is 0 Å². The van der Waals surface area contributed by atoms with Crippen molar-refractivity contribution in [3.05, 3.63) is 35.9 Å². The number of hydrogen-bond acceptors (Lipinski definition) is 4. The van der Waals surface area contributed by atoms with Crippen LogP contribution in [0.1, 0.15) is 39.7 Å². The molecule has 1 rings (SSSR count). The van der Waals surface area contributed by atoms with Crippen LogP contribution in [0.25, 0.3) is 0 Å². The second-order valence-corrected chi connectivity index (χ2v) is 6.56. The van der Waals surface area contributed by atoms with Gasteiger partial charge in [0, 0.05) is 0 Å². The van der Waals surface area contributed by atoms with Crippen LogP contribution in [0.4, 0.5) is 0 Å². The predicted molar refractivity (Wildman–Crippen MR) is 90.4 cm³/mol. The zero-order chi connectivity index (χ0) is 17.4. The van der Waals surface area contributed by atoms with Crippen molar-refractivity contribution in [3.63, 3.8) is 0 Å². The first-order chi connectivity index (χ1) is 10.8. The minimum Gasteiger partial charge on any atom is -0.459 e. The zero-order valence-corrected chi connectivity index (χ0v) is 14.4. The van der Waals surface area contributed by atoms with E-state index in [0.717, 1.165) is 5.56 Å². The van der Waals surface area contributed by atoms with Crippen LogP contribution in [0, 0.1) is 11.8 Å². The third kappa shape index (κ3) is 6.82. The lowest BCUT2D eigenvalue weighted by Gasteiger charge is -2.23. The van der Waals surface area contributed by atoms with E-state index >= 15 is 0 Å². The van der Waals surface area contributed by atoms with Gasteiger partial charge in [-0.05, 0) is 23.8 Å². The standard InChI is InChI=1S/C18H28N2O3/c1-12(2)10-15(19)17(21)20-16(13(3)4)18(22)23-11-14-8-6-5-7-9-14/h5-9,12-13,15-16H,10-11,19H2,1-4H3,(H,20,21)/t15-,16+/m1/s1. The van der Waals surface area contributed by atoms with E-state index < -0.39 is 18.1 Å². The molecule has 0 saturated heterocycles. The summed E-state index contributed by atoms with van der Waals surface area (Å²) >= 11 is 0. The number of nitrogens with one attached hydrogen (secondary N) is 1. The predicted octanol–water partition coefficient (Wildman–Crippen LogP) is 2.24. The molecule has 1 aromatic rings. The molecule has 0 fully saturated rings. The van der Waals surface area contributed by atoms with E-state index in [1.807, 2.05) is 58.0 Å². The van der Waals surface area contributed by atoms with Crippen molar-refractivity contribution >= 4 is 11.9 Å². The normalized spacial score (nSPS) is 13.7. The topological polar surface area (TPSA) is 81.4 Å². The second kappa shape index (κ2) is 9.30. The molecule has 2 atom stereocenters. The minimum atomic E-state index is -0.690. The van der Waals surface area contributed by atoms with Crippen molar-refractivity contribution in [2.75, 3.05) is 0 Å². The highest BCUT2D eigenvalue weighted by atomic mass is 16.5. The first-order valence-electron chi connectivity index (χ1n) is 8.07. The van der Waals surface area contributed by atoms with Crippen molar-refractivity contribution < 1.29 is 14.3 Å². The molecule has 3 N–H and O–H groups in total. The molecule has 0 heterocycles. The van der Waals surface area contributed by atoms with Crippen LogP contribution in [-0.2, 0) is 20.9 Å². The Morgan fingerprint density at radius 2 is 1.74 bits per heavy atom. The largest absolute Gasteiger partial charge is 0.459 e. The molecule has 0 aliphatic heterocycles. The molecule has 0 unspecified atom stereocenters. The van der Waals surface area contributed by atoms with Gasteiger partial charge in [-0.1, -0.05) is 58.0 Å². The number of ether oxygens (including phenoxy) is 1. The maximum Gasteiger partial charge on any atom is 0.329 e. The van der Waals surface area contributed by atoms with Crippen molar-refractivity contribution in [1.82, 2.24) is 5.32 Å². The highest BCUT2D eigenvalue weighted by Gasteiger charge is 2.27. The van der Waals surface area contributed by atoms with Gasteiger partial charge in [0.15, 0.2) is 0 Å². The Kier molecular flexibility index (Phi) is 7.75. The average Bonchev–Trinajstić information content (AvgIpc) is 2.50. The number of amides is 1. The van der Waals surface area contributed by atoms with Crippen LogP contribution in [0.3, 0.4) is 0 Å². The summed E-state index contributed by atoms with van der Waals surface area (Å²) in [7, 11) is 0. The third-order valence-corrected chi connectivity index (χ3v) is 3.50. The molecule has 5 nitrogen and oxygen atoms in total. The first-order valence-corrected chi connectivity index (χ1v) is 8.07. The molecule has 0 aromatic heterocycles. The molecule has 0 spiro atoms. The number of nitrogens with two attached hydrogens (primary N) is 1. The van der Waals surface area contributed by atoms with Crippen LogP contribution in [-0.4, -0.2) is 24.0 Å². The van der Waals surface area contributed by atoms with Gasteiger partial charge in [0.1, 0.15) is 12.6 Å². The minimum absolute atomic E-state index is 0.0755. The highest BCUT2D eigenvalue weighted by Crippen LogP contribution is 2.09. The monoisotopic (exact) mass is 320 g/mol. The van der Waals surface area contributed by atoms with Crippen LogP contribution in [0.15, 0.2) is 30.3 Å². The molecule has 0 radical (unpaired) electrons. The average molecular weight is 320 g/mol. The molecule has 23 heavy (non-hydrogen) atoms. The Balaban J connectivity index is 2.59. The van der Waals surface area contributed by atoms with E-state index in [9.17, 15) is 9.59 Å². The summed E-state index contributed by atoms with van der Waals surface area (Å²) < 4.78 is 5.32. The van der Waals surface area contributed by atoms with Crippen molar-refractivity contribution in [2.24, 2.45) is 17.6 Å². The molecular formula is C18H28N2O3. The molecule has 128 valence electrons. The fourth-order valence-electron chi connectivity index (χ4n) is 2.19. The summed E-state index contributed by atoms with van der Waals surface area (Å²) in [6, 6.07) is 8.14. The number of benzene rings is 1. The number of esters is 1. The number of carbonyl (C=O) groups excluding carboxylic acids is 2. The van der Waals surface area contributed by atoms with Gasteiger partial charge in [0.05, 0.1) is 6.04 Å². The Labute approximate surface area is 138 Å². The van der Waals surface area contributed by atoms with Gasteiger partial charge < -0.3 is 15.8 Å². The molecule has 1 amide bonds. The Morgan fingerprint density at radius 1 is 1.13 bits per heavy atom. The fourth-order valence-corrected chi connectivity index (χ4v) is 2.19. The molecule has 0 saturated carbocycles. The molecule has 5 heteroatoms. The van der Waals surface area contributed by atoms with Gasteiger partial charge in [0.2, 0.25) is 5.91 Å². The Morgan fingerprint density at radius 3 is 2.26 bits per heavy atom. The summed E-state index contributed by atoms with van der Waals surface area (Å²) in [5.41, 5.74) is 6.78. The van der Waals surface area contributed by atoms with Gasteiger partial charge in [-0.2, -0.15) is 0 Å². The van der Waals surface area contributed by atoms with E-state index in [-0.39, 0.29) is 18.4 Å². The van der Waals surface area contributed by atoms with Crippen molar-refractivity contribution in [3.8, 4) is 0 Å². The van der Waals surface area contributed by atoms with Gasteiger partial charge in [-0.3, -0.25) is 4.79 Å². The number of hydrogen-bond donors (Lipinski definition) is 2. The lowest BCUT2D eigenvalue weighted by Crippen LogP contribution is -2.51. The Bertz CT molecular complexity index is 500. The van der Waals surface area contributed by atoms with Crippen LogP contribution >= 0.6 is 0 Å². The van der Waals surface area contributed by atoms with E-state index in [4.69, 9.17) is 10.5 Å². The number of carbonyl (C=O) groups is 2. The van der Waals surface area contributed by atoms with Crippen LogP contribution < -0.4 is 11.1 Å². The Hall–Kier alpha value is -1.88. The molecule has 0 aliphatic carbocycles. The van der Waals surface area contributed by atoms with Gasteiger partial charge >= 0.3 is 5.97 Å². The van der Waals surface area contributed by atoms with Crippen molar-refractivity contribution in [2.45, 2.75) is 52.8 Å². The van der Waals surface area contributed by atoms with Gasteiger partial charge in [-0.25, -0.2) is 4.79 Å². The molecular weight excluding hydrogens is 292 g/mol. The van der Waals surface area contributed by atoms with E-state index in [0.29, 0.717) is 12.3 Å². The maximum atomic E-state index is 12.3. The molecule has 0 aliphatic rings. The summed E-state index contributed by atoms with van der Waals surface area (Å²) in [5.74, 6) is -0.505. The summed E-state index contributed by atoms with van der Waals surface area (Å²) in [4.78, 5) is 24.4. The zero-order valence-electron chi connectivity index (χ0n) is 14.4. The quantitative estimate of drug-likeness (QED) is 0.720. The van der Waals surface area contributed by atoms with Gasteiger partial charge in [-0.15, -0.1) is 0 Å². The van der Waals surface area contributed by atoms with E-state index in [2.05, 4.69) is 5.32 Å². The smallest absolute Gasteiger partial charge is 0.329 e. The maximum absolute atomic E-state index is 12.3. The fraction of sp³-hybridized carbons (Fsp3) is 0.556. The highest BCUT2D eigenvalue weighted by molar-refractivity contribution is 5.87. The lowest BCUT2D eigenvalue weighted by molar-refractivity contribution is -0.150. The summed E-state index contributed by atoms with van der Waals surface area (Å²) in [6.07, 6.45) is 0.579. The number of rotatable bonds is 8. The molecule has 1 aromatic carbocycles. The SMILES string of the molecule is CC(C)C[C@@H](N)C(=O)N[C@H](C(=O)OCc1ccccc1)C(C)C. The van der Waals surface area contributed by atoms with Crippen LogP contribution in [0.2, 0.25) is 0 Å². The third-order valence-electron chi connectivity index (χ3n) is 3.50. The first kappa shape index (κ1) is 19.2. The molecule has 0 bridgehead atoms. The second-order valence-electron chi connectivity index (χ2n) is 6.56. The van der Waals surface area contributed by atoms with E-state index in [1.165, 1.54) is 0 Å². The summed E-state index contributed by atoms with van der Waals surface area (Å²) in [6.45, 7) is 7.92. The van der Waals surface area contributed by atoms with Crippen molar-refractivity contribution in [1.29, 1.82) is 0 Å². The van der Waals surface area contributed by atoms with E-state index in [1.54, 1.807) is 0 Å².